The Morgan fingerprint density at radius 3 is 2.41 bits per heavy atom. The van der Waals surface area contributed by atoms with Crippen molar-refractivity contribution in [2.75, 3.05) is 6.61 Å². The molecule has 0 rings (SSSR count). The Morgan fingerprint density at radius 2 is 1.76 bits per heavy atom. The topological polar surface area (TPSA) is 26.3 Å². The molecule has 17 heavy (non-hydrogen) atoms. The summed E-state index contributed by atoms with van der Waals surface area (Å²) in [6, 6.07) is 0. The second-order valence-electron chi connectivity index (χ2n) is 4.03. The van der Waals surface area contributed by atoms with Crippen molar-refractivity contribution in [1.82, 2.24) is 0 Å². The van der Waals surface area contributed by atoms with Crippen LogP contribution in [0, 0.1) is 11.8 Å². The van der Waals surface area contributed by atoms with Crippen LogP contribution in [0.15, 0.2) is 12.2 Å². The lowest BCUT2D eigenvalue weighted by Gasteiger charge is -2.01. The average molecular weight is 236 g/mol. The number of allylic oxidation sites excluding steroid dienone is 2. The molecule has 0 fully saturated rings. The smallest absolute Gasteiger partial charge is 0.302 e. The first-order valence-corrected chi connectivity index (χ1v) is 6.50. The zero-order valence-electron chi connectivity index (χ0n) is 11.1. The van der Waals surface area contributed by atoms with Crippen molar-refractivity contribution in [3.63, 3.8) is 0 Å². The number of rotatable bonds is 8. The van der Waals surface area contributed by atoms with Crippen LogP contribution in [0.3, 0.4) is 0 Å². The van der Waals surface area contributed by atoms with Gasteiger partial charge >= 0.3 is 5.97 Å². The van der Waals surface area contributed by atoms with E-state index in [4.69, 9.17) is 4.74 Å². The molecule has 0 heterocycles. The van der Waals surface area contributed by atoms with E-state index in [9.17, 15) is 4.79 Å². The predicted octanol–water partition coefficient (Wildman–Crippen LogP) is 3.86. The fourth-order valence-electron chi connectivity index (χ4n) is 1.45. The number of carbonyl (C=O) groups is 1. The maximum atomic E-state index is 10.5. The summed E-state index contributed by atoms with van der Waals surface area (Å²) in [5.41, 5.74) is 0. The highest BCUT2D eigenvalue weighted by molar-refractivity contribution is 5.65. The van der Waals surface area contributed by atoms with Crippen molar-refractivity contribution in [1.29, 1.82) is 0 Å². The van der Waals surface area contributed by atoms with Crippen molar-refractivity contribution in [3.05, 3.63) is 12.2 Å². The maximum Gasteiger partial charge on any atom is 0.302 e. The predicted molar refractivity (Wildman–Crippen MR) is 71.5 cm³/mol. The van der Waals surface area contributed by atoms with E-state index in [-0.39, 0.29) is 5.97 Å². The van der Waals surface area contributed by atoms with Gasteiger partial charge in [-0.05, 0) is 25.8 Å². The van der Waals surface area contributed by atoms with Gasteiger partial charge in [-0.25, -0.2) is 0 Å². The molecule has 0 radical (unpaired) electrons. The Morgan fingerprint density at radius 1 is 1.12 bits per heavy atom. The summed E-state index contributed by atoms with van der Waals surface area (Å²) in [6.07, 6.45) is 11.9. The number of hydrogen-bond acceptors (Lipinski definition) is 2. The van der Waals surface area contributed by atoms with E-state index in [2.05, 4.69) is 11.8 Å². The van der Waals surface area contributed by atoms with Crippen LogP contribution in [-0.2, 0) is 9.53 Å². The lowest BCUT2D eigenvalue weighted by Crippen LogP contribution is -1.99. The molecule has 0 N–H and O–H groups in total. The minimum Gasteiger partial charge on any atom is -0.466 e. The van der Waals surface area contributed by atoms with Gasteiger partial charge in [0.05, 0.1) is 6.61 Å². The van der Waals surface area contributed by atoms with Crippen LogP contribution in [-0.4, -0.2) is 12.6 Å². The summed E-state index contributed by atoms with van der Waals surface area (Å²) >= 11 is 0. The Balaban J connectivity index is 3.09. The Kier molecular flexibility index (Phi) is 11.9. The molecule has 2 nitrogen and oxygen atoms in total. The van der Waals surface area contributed by atoms with Crippen LogP contribution in [0.1, 0.15) is 58.8 Å². The minimum absolute atomic E-state index is 0.176. The molecule has 0 aliphatic rings. The molecule has 0 aromatic rings. The first-order chi connectivity index (χ1) is 8.27. The minimum atomic E-state index is -0.176. The Hall–Kier alpha value is -1.23. The molecule has 0 amide bonds. The lowest BCUT2D eigenvalue weighted by molar-refractivity contribution is -0.141. The number of ether oxygens (including phenoxy) is 1. The molecule has 0 atom stereocenters. The van der Waals surface area contributed by atoms with Crippen molar-refractivity contribution in [3.8, 4) is 11.8 Å². The largest absolute Gasteiger partial charge is 0.466 e. The fourth-order valence-corrected chi connectivity index (χ4v) is 1.45. The molecule has 0 aliphatic heterocycles. The van der Waals surface area contributed by atoms with Gasteiger partial charge in [-0.3, -0.25) is 4.79 Å². The van der Waals surface area contributed by atoms with E-state index < -0.39 is 0 Å². The number of esters is 1. The molecule has 96 valence electrons. The van der Waals surface area contributed by atoms with Crippen LogP contribution in [0.25, 0.3) is 0 Å². The first-order valence-electron chi connectivity index (χ1n) is 6.50. The van der Waals surface area contributed by atoms with Gasteiger partial charge in [-0.1, -0.05) is 43.6 Å². The van der Waals surface area contributed by atoms with Gasteiger partial charge in [-0.2, -0.15) is 0 Å². The molecule has 0 spiro atoms. The quantitative estimate of drug-likeness (QED) is 0.363. The van der Waals surface area contributed by atoms with Gasteiger partial charge in [-0.15, -0.1) is 0 Å². The first kappa shape index (κ1) is 15.8. The van der Waals surface area contributed by atoms with Gasteiger partial charge in [0.2, 0.25) is 0 Å². The summed E-state index contributed by atoms with van der Waals surface area (Å²) in [6.45, 7) is 4.00. The average Bonchev–Trinajstić information content (AvgIpc) is 2.30. The molecule has 0 saturated carbocycles. The zero-order chi connectivity index (χ0) is 12.8. The number of hydrogen-bond donors (Lipinski definition) is 0. The molecule has 0 aliphatic carbocycles. The molecule has 0 saturated heterocycles. The van der Waals surface area contributed by atoms with E-state index in [1.807, 2.05) is 19.1 Å². The van der Waals surface area contributed by atoms with Gasteiger partial charge in [0.1, 0.15) is 0 Å². The third-order valence-electron chi connectivity index (χ3n) is 2.35. The van der Waals surface area contributed by atoms with Crippen LogP contribution in [0.5, 0.6) is 0 Å². The van der Waals surface area contributed by atoms with Gasteiger partial charge < -0.3 is 4.74 Å². The Labute approximate surface area is 105 Å². The van der Waals surface area contributed by atoms with Gasteiger partial charge in [0, 0.05) is 13.3 Å². The normalized spacial score (nSPS) is 10.0. The van der Waals surface area contributed by atoms with Crippen LogP contribution >= 0.6 is 0 Å². The number of unbranched alkanes of at least 4 members (excludes halogenated alkanes) is 6. The second kappa shape index (κ2) is 12.8. The third-order valence-corrected chi connectivity index (χ3v) is 2.35. The highest BCUT2D eigenvalue weighted by Crippen LogP contribution is 2.06. The maximum absolute atomic E-state index is 10.5. The zero-order valence-corrected chi connectivity index (χ0v) is 11.1. The highest BCUT2D eigenvalue weighted by atomic mass is 16.5. The van der Waals surface area contributed by atoms with Crippen LogP contribution in [0.2, 0.25) is 0 Å². The molecule has 0 bridgehead atoms. The van der Waals surface area contributed by atoms with E-state index in [1.165, 1.54) is 32.6 Å². The van der Waals surface area contributed by atoms with E-state index in [0.717, 1.165) is 19.3 Å². The third kappa shape index (κ3) is 14.8. The number of carbonyl (C=O) groups excluding carboxylic acids is 1. The Bertz CT molecular complexity index is 268. The van der Waals surface area contributed by atoms with Crippen molar-refractivity contribution in [2.45, 2.75) is 58.8 Å². The summed E-state index contributed by atoms with van der Waals surface area (Å²) in [7, 11) is 0. The SMILES string of the molecule is CC=CC#CCCCCCCCCOC(C)=O. The standard InChI is InChI=1S/C15H24O2/c1-3-4-5-6-7-8-9-10-11-12-13-14-17-15(2)16/h3-4H,7-14H2,1-2H3. The van der Waals surface area contributed by atoms with Crippen molar-refractivity contribution in [2.24, 2.45) is 0 Å². The van der Waals surface area contributed by atoms with Crippen molar-refractivity contribution < 1.29 is 9.53 Å². The van der Waals surface area contributed by atoms with E-state index in [1.54, 1.807) is 0 Å². The summed E-state index contributed by atoms with van der Waals surface area (Å²) in [5.74, 6) is 5.92. The summed E-state index contributed by atoms with van der Waals surface area (Å²) in [4.78, 5) is 10.5. The lowest BCUT2D eigenvalue weighted by atomic mass is 10.1. The monoisotopic (exact) mass is 236 g/mol. The molecule has 0 aromatic heterocycles. The fraction of sp³-hybridized carbons (Fsp3) is 0.667. The van der Waals surface area contributed by atoms with Crippen molar-refractivity contribution >= 4 is 5.97 Å². The summed E-state index contributed by atoms with van der Waals surface area (Å²) < 4.78 is 4.86. The van der Waals surface area contributed by atoms with Crippen LogP contribution in [0.4, 0.5) is 0 Å². The van der Waals surface area contributed by atoms with Crippen LogP contribution < -0.4 is 0 Å². The molecular formula is C15H24O2. The highest BCUT2D eigenvalue weighted by Gasteiger charge is 1.93. The van der Waals surface area contributed by atoms with Gasteiger partial charge in [0.15, 0.2) is 0 Å². The van der Waals surface area contributed by atoms with E-state index >= 15 is 0 Å². The molecule has 2 heteroatoms. The second-order valence-corrected chi connectivity index (χ2v) is 4.03. The molecule has 0 unspecified atom stereocenters. The van der Waals surface area contributed by atoms with Gasteiger partial charge in [0.25, 0.3) is 0 Å². The molecule has 0 aromatic carbocycles. The summed E-state index contributed by atoms with van der Waals surface area (Å²) in [5, 5.41) is 0. The molecular weight excluding hydrogens is 212 g/mol. The van der Waals surface area contributed by atoms with E-state index in [0.29, 0.717) is 6.61 Å².